The van der Waals surface area contributed by atoms with Crippen molar-refractivity contribution in [2.75, 3.05) is 0 Å². The van der Waals surface area contributed by atoms with Crippen molar-refractivity contribution in [2.45, 2.75) is 0 Å². The smallest absolute Gasteiger partial charge is 0.332 e. The Bertz CT molecular complexity index is 1710. The van der Waals surface area contributed by atoms with Gasteiger partial charge in [-0.25, -0.2) is 9.78 Å². The zero-order chi connectivity index (χ0) is 23.4. The molecule has 0 bridgehead atoms. The summed E-state index contributed by atoms with van der Waals surface area (Å²) in [6.45, 7) is 0. The van der Waals surface area contributed by atoms with E-state index >= 15 is 0 Å². The number of non-ortho nitro benzene ring substituents is 1. The molecule has 0 aliphatic rings. The Hall–Kier alpha value is -4.53. The van der Waals surface area contributed by atoms with Crippen LogP contribution in [0.4, 0.5) is 5.69 Å². The summed E-state index contributed by atoms with van der Waals surface area (Å²) >= 11 is 0. The van der Waals surface area contributed by atoms with Crippen LogP contribution >= 0.6 is 0 Å². The number of nitro benzene ring substituents is 1. The van der Waals surface area contributed by atoms with Crippen LogP contribution in [0.3, 0.4) is 0 Å². The highest BCUT2D eigenvalue weighted by Crippen LogP contribution is 2.35. The molecule has 33 heavy (non-hydrogen) atoms. The second kappa shape index (κ2) is 7.27. The van der Waals surface area contributed by atoms with Crippen LogP contribution < -0.4 is 11.2 Å². The van der Waals surface area contributed by atoms with E-state index in [0.717, 1.165) is 21.0 Å². The van der Waals surface area contributed by atoms with Crippen molar-refractivity contribution in [1.82, 2.24) is 18.7 Å². The first kappa shape index (κ1) is 20.4. The zero-order valence-corrected chi connectivity index (χ0v) is 18.1. The zero-order valence-electron chi connectivity index (χ0n) is 18.1. The van der Waals surface area contributed by atoms with Crippen molar-refractivity contribution < 1.29 is 4.92 Å². The largest absolute Gasteiger partial charge is 0.350 e. The quantitative estimate of drug-likeness (QED) is 0.315. The van der Waals surface area contributed by atoms with Crippen molar-refractivity contribution in [1.29, 1.82) is 0 Å². The van der Waals surface area contributed by atoms with Gasteiger partial charge in [0.05, 0.1) is 16.0 Å². The van der Waals surface area contributed by atoms with E-state index in [1.54, 1.807) is 25.2 Å². The second-order valence-electron chi connectivity index (χ2n) is 7.93. The van der Waals surface area contributed by atoms with E-state index in [2.05, 4.69) is 4.98 Å². The molecule has 0 aliphatic heterocycles. The van der Waals surface area contributed by atoms with E-state index in [4.69, 9.17) is 0 Å². The fourth-order valence-corrected chi connectivity index (χ4v) is 4.23. The van der Waals surface area contributed by atoms with E-state index in [0.29, 0.717) is 22.2 Å². The molecule has 9 heteroatoms. The molecule has 0 saturated heterocycles. The van der Waals surface area contributed by atoms with Crippen molar-refractivity contribution in [3.8, 4) is 22.4 Å². The lowest BCUT2D eigenvalue weighted by Crippen LogP contribution is -2.37. The summed E-state index contributed by atoms with van der Waals surface area (Å²) in [7, 11) is 4.95. The van der Waals surface area contributed by atoms with Gasteiger partial charge in [-0.1, -0.05) is 18.2 Å². The molecule has 9 nitrogen and oxygen atoms in total. The van der Waals surface area contributed by atoms with E-state index < -0.39 is 16.2 Å². The van der Waals surface area contributed by atoms with Gasteiger partial charge < -0.3 is 4.57 Å². The maximum absolute atomic E-state index is 13.2. The molecule has 3 heterocycles. The molecule has 5 rings (SSSR count). The van der Waals surface area contributed by atoms with E-state index in [1.807, 2.05) is 42.1 Å². The highest BCUT2D eigenvalue weighted by atomic mass is 16.6. The molecule has 0 fully saturated rings. The number of benzene rings is 2. The Morgan fingerprint density at radius 3 is 2.30 bits per heavy atom. The number of nitrogens with zero attached hydrogens (tertiary/aromatic N) is 5. The van der Waals surface area contributed by atoms with Crippen LogP contribution in [0.15, 0.2) is 70.4 Å². The molecule has 0 aliphatic carbocycles. The third kappa shape index (κ3) is 3.05. The summed E-state index contributed by atoms with van der Waals surface area (Å²) in [4.78, 5) is 41.1. The average Bonchev–Trinajstić information content (AvgIpc) is 3.17. The van der Waals surface area contributed by atoms with Crippen LogP contribution in [0.1, 0.15) is 0 Å². The molecule has 0 saturated carbocycles. The van der Waals surface area contributed by atoms with Crippen LogP contribution in [-0.2, 0) is 21.1 Å². The third-order valence-corrected chi connectivity index (χ3v) is 5.97. The van der Waals surface area contributed by atoms with Crippen molar-refractivity contribution >= 4 is 27.6 Å². The second-order valence-corrected chi connectivity index (χ2v) is 7.93. The van der Waals surface area contributed by atoms with Gasteiger partial charge in [-0.15, -0.1) is 0 Å². The number of hydrogen-bond acceptors (Lipinski definition) is 5. The molecule has 3 aromatic heterocycles. The van der Waals surface area contributed by atoms with Gasteiger partial charge in [0.1, 0.15) is 0 Å². The molecular weight excluding hydrogens is 422 g/mol. The lowest BCUT2D eigenvalue weighted by Gasteiger charge is -2.13. The number of fused-ring (bicyclic) bond motifs is 2. The Morgan fingerprint density at radius 2 is 1.61 bits per heavy atom. The molecule has 0 spiro atoms. The summed E-state index contributed by atoms with van der Waals surface area (Å²) in [5.41, 5.74) is 2.91. The molecule has 5 aromatic rings. The third-order valence-electron chi connectivity index (χ3n) is 5.97. The fourth-order valence-electron chi connectivity index (χ4n) is 4.23. The van der Waals surface area contributed by atoms with Gasteiger partial charge in [0.15, 0.2) is 5.65 Å². The minimum absolute atomic E-state index is 0.0323. The minimum Gasteiger partial charge on any atom is -0.350 e. The molecule has 0 atom stereocenters. The van der Waals surface area contributed by atoms with Gasteiger partial charge in [0.25, 0.3) is 11.2 Å². The first-order chi connectivity index (χ1) is 15.8. The molecule has 0 radical (unpaired) electrons. The number of aromatic nitrogens is 4. The van der Waals surface area contributed by atoms with E-state index in [-0.39, 0.29) is 11.3 Å². The number of rotatable bonds is 3. The monoisotopic (exact) mass is 441 g/mol. The first-order valence-electron chi connectivity index (χ1n) is 10.2. The normalized spacial score (nSPS) is 11.4. The Kier molecular flexibility index (Phi) is 4.49. The Morgan fingerprint density at radius 1 is 0.909 bits per heavy atom. The van der Waals surface area contributed by atoms with Gasteiger partial charge >= 0.3 is 5.69 Å². The molecule has 0 N–H and O–H groups in total. The van der Waals surface area contributed by atoms with Gasteiger partial charge in [-0.3, -0.25) is 24.0 Å². The van der Waals surface area contributed by atoms with Crippen LogP contribution in [0.5, 0.6) is 0 Å². The Balaban J connectivity index is 1.92. The standard InChI is InChI=1S/C24H19N5O4/c1-26-13-18(16-6-4-5-7-20(16)26)17-12-19(14-8-10-15(11-9-14)29(32)33)25-22-21(17)23(30)28(3)24(31)27(22)2/h4-13H,1-3H3. The predicted octanol–water partition coefficient (Wildman–Crippen LogP) is 3.37. The number of pyridine rings is 1. The summed E-state index contributed by atoms with van der Waals surface area (Å²) < 4.78 is 4.40. The van der Waals surface area contributed by atoms with E-state index in [1.165, 1.54) is 23.7 Å². The summed E-state index contributed by atoms with van der Waals surface area (Å²) in [6.07, 6.45) is 1.95. The van der Waals surface area contributed by atoms with Gasteiger partial charge in [-0.05, 0) is 24.3 Å². The Labute approximate surface area is 186 Å². The topological polar surface area (TPSA) is 105 Å². The molecule has 0 unspecified atom stereocenters. The number of para-hydroxylation sites is 1. The van der Waals surface area contributed by atoms with Crippen molar-refractivity contribution in [3.05, 3.63) is 91.7 Å². The van der Waals surface area contributed by atoms with Crippen LogP contribution in [0.2, 0.25) is 0 Å². The predicted molar refractivity (Wildman–Crippen MR) is 126 cm³/mol. The number of hydrogen-bond donors (Lipinski definition) is 0. The van der Waals surface area contributed by atoms with Crippen LogP contribution in [0.25, 0.3) is 44.3 Å². The maximum Gasteiger partial charge on any atom is 0.332 e. The van der Waals surface area contributed by atoms with Gasteiger partial charge in [0.2, 0.25) is 0 Å². The molecule has 164 valence electrons. The fraction of sp³-hybridized carbons (Fsp3) is 0.125. The lowest BCUT2D eigenvalue weighted by atomic mass is 9.99. The van der Waals surface area contributed by atoms with Crippen LogP contribution in [-0.4, -0.2) is 23.6 Å². The number of nitro groups is 1. The summed E-state index contributed by atoms with van der Waals surface area (Å²) in [5, 5.41) is 12.3. The van der Waals surface area contributed by atoms with Crippen molar-refractivity contribution in [3.63, 3.8) is 0 Å². The molecular formula is C24H19N5O4. The van der Waals surface area contributed by atoms with E-state index in [9.17, 15) is 19.7 Å². The van der Waals surface area contributed by atoms with Gasteiger partial charge in [0, 0.05) is 67.1 Å². The minimum atomic E-state index is -0.482. The lowest BCUT2D eigenvalue weighted by molar-refractivity contribution is -0.384. The van der Waals surface area contributed by atoms with Crippen LogP contribution in [0, 0.1) is 10.1 Å². The first-order valence-corrected chi connectivity index (χ1v) is 10.2. The maximum atomic E-state index is 13.2. The highest BCUT2D eigenvalue weighted by molar-refractivity contribution is 6.04. The van der Waals surface area contributed by atoms with Gasteiger partial charge in [-0.2, -0.15) is 0 Å². The molecule has 2 aromatic carbocycles. The molecule has 0 amide bonds. The number of aryl methyl sites for hydroxylation is 2. The highest BCUT2D eigenvalue weighted by Gasteiger charge is 2.20. The summed E-state index contributed by atoms with van der Waals surface area (Å²) in [5.74, 6) is 0. The average molecular weight is 441 g/mol. The summed E-state index contributed by atoms with van der Waals surface area (Å²) in [6, 6.07) is 15.7. The SMILES string of the molecule is Cn1c(=O)c2c(-c3cn(C)c4ccccc34)cc(-c3ccc([N+](=O)[O-])cc3)nc2n(C)c1=O. The van der Waals surface area contributed by atoms with Crippen molar-refractivity contribution in [2.24, 2.45) is 21.1 Å².